The van der Waals surface area contributed by atoms with Gasteiger partial charge in [0.1, 0.15) is 0 Å². The largest absolute Gasteiger partial charge is 0.309 e. The van der Waals surface area contributed by atoms with Crippen LogP contribution in [-0.2, 0) is 9.59 Å². The number of hydrogen-bond acceptors (Lipinski definition) is 6. The first-order chi connectivity index (χ1) is 16.0. The van der Waals surface area contributed by atoms with Crippen LogP contribution >= 0.6 is 45.3 Å². The third-order valence-electron chi connectivity index (χ3n) is 7.29. The zero-order valence-electron chi connectivity index (χ0n) is 20.3. The molecule has 0 bridgehead atoms. The number of carbonyl (C=O) groups excluding carboxylic acids is 2. The molecule has 34 heavy (non-hydrogen) atoms. The number of hydrogen-bond donors (Lipinski definition) is 0. The van der Waals surface area contributed by atoms with Crippen molar-refractivity contribution in [2.24, 2.45) is 0 Å². The third kappa shape index (κ3) is 2.57. The number of nitrogens with zero attached hydrogens (tertiary/aromatic N) is 2. The summed E-state index contributed by atoms with van der Waals surface area (Å²) >= 11 is 7.01. The summed E-state index contributed by atoms with van der Waals surface area (Å²) in [4.78, 5) is 35.5. The molecule has 6 rings (SSSR count). The van der Waals surface area contributed by atoms with Crippen LogP contribution in [0.15, 0.2) is 11.1 Å². The fourth-order valence-corrected chi connectivity index (χ4v) is 10.6. The predicted molar refractivity (Wildman–Crippen MR) is 147 cm³/mol. The average molecular weight is 525 g/mol. The van der Waals surface area contributed by atoms with Crippen molar-refractivity contribution in [2.75, 3.05) is 14.1 Å². The average Bonchev–Trinajstić information content (AvgIpc) is 3.56. The zero-order chi connectivity index (χ0) is 24.4. The number of rotatable bonds is 2. The Hall–Kier alpha value is -2.26. The van der Waals surface area contributed by atoms with E-state index in [9.17, 15) is 9.59 Å². The minimum Gasteiger partial charge on any atom is -0.309 e. The van der Waals surface area contributed by atoms with Crippen LogP contribution in [0, 0.1) is 41.5 Å². The molecule has 4 aromatic heterocycles. The molecule has 0 saturated heterocycles. The standard InChI is InChI=1S/C26H24N2O2S4/c1-9-13(5)31-23-11(3)19(33-21(9)23)17-15-16(26(30)27(17)7)18(28(8)25(15)29)20-12(4)24-22(34-20)10(2)14(6)32-24/h1-8H3. The van der Waals surface area contributed by atoms with E-state index in [0.29, 0.717) is 11.1 Å². The van der Waals surface area contributed by atoms with Gasteiger partial charge in [-0.2, -0.15) is 0 Å². The minimum atomic E-state index is -0.0918. The van der Waals surface area contributed by atoms with Crippen molar-refractivity contribution in [2.45, 2.75) is 41.5 Å². The maximum Gasteiger partial charge on any atom is 0.261 e. The molecule has 0 fully saturated rings. The van der Waals surface area contributed by atoms with E-state index in [0.717, 1.165) is 32.3 Å². The molecule has 0 spiro atoms. The van der Waals surface area contributed by atoms with Crippen molar-refractivity contribution < 1.29 is 9.59 Å². The number of fused-ring (bicyclic) bond motifs is 3. The van der Waals surface area contributed by atoms with Gasteiger partial charge in [-0.1, -0.05) is 0 Å². The van der Waals surface area contributed by atoms with Gasteiger partial charge in [0.05, 0.1) is 32.3 Å². The molecule has 0 aromatic carbocycles. The summed E-state index contributed by atoms with van der Waals surface area (Å²) in [6, 6.07) is 0. The molecule has 0 atom stereocenters. The predicted octanol–water partition coefficient (Wildman–Crippen LogP) is 7.16. The van der Waals surface area contributed by atoms with Gasteiger partial charge in [0.15, 0.2) is 0 Å². The fraction of sp³-hybridized carbons (Fsp3) is 0.308. The molecule has 0 N–H and O–H groups in total. The van der Waals surface area contributed by atoms with Crippen molar-refractivity contribution in [3.8, 4) is 0 Å². The summed E-state index contributed by atoms with van der Waals surface area (Å²) in [6.45, 7) is 12.8. The lowest BCUT2D eigenvalue weighted by Crippen LogP contribution is -2.25. The highest BCUT2D eigenvalue weighted by Gasteiger charge is 2.48. The molecule has 0 saturated carbocycles. The second kappa shape index (κ2) is 7.13. The molecule has 4 aromatic rings. The molecule has 2 amide bonds. The van der Waals surface area contributed by atoms with Crippen LogP contribution in [0.1, 0.15) is 41.8 Å². The van der Waals surface area contributed by atoms with Gasteiger partial charge in [0.25, 0.3) is 11.8 Å². The van der Waals surface area contributed by atoms with Crippen LogP contribution in [0.5, 0.6) is 0 Å². The Balaban J connectivity index is 1.64. The van der Waals surface area contributed by atoms with Gasteiger partial charge in [-0.15, -0.1) is 45.3 Å². The van der Waals surface area contributed by atoms with E-state index in [-0.39, 0.29) is 11.8 Å². The number of aryl methyl sites for hydroxylation is 6. The molecule has 4 nitrogen and oxygen atoms in total. The molecule has 0 aliphatic carbocycles. The highest BCUT2D eigenvalue weighted by molar-refractivity contribution is 7.29. The molecule has 6 heterocycles. The summed E-state index contributed by atoms with van der Waals surface area (Å²) in [5.41, 5.74) is 7.54. The molecular weight excluding hydrogens is 501 g/mol. The van der Waals surface area contributed by atoms with Crippen LogP contribution in [0.4, 0.5) is 0 Å². The lowest BCUT2D eigenvalue weighted by molar-refractivity contribution is -0.123. The van der Waals surface area contributed by atoms with Crippen LogP contribution in [-0.4, -0.2) is 35.7 Å². The molecule has 2 aliphatic heterocycles. The Bertz CT molecular complexity index is 1560. The van der Waals surface area contributed by atoms with Crippen LogP contribution in [0.3, 0.4) is 0 Å². The number of likely N-dealkylation sites (N-methyl/N-ethyl adjacent to an activating group) is 2. The number of carbonyl (C=O) groups is 2. The summed E-state index contributed by atoms with van der Waals surface area (Å²) in [5.74, 6) is -0.184. The van der Waals surface area contributed by atoms with Crippen molar-refractivity contribution in [3.05, 3.63) is 52.9 Å². The first-order valence-corrected chi connectivity index (χ1v) is 14.3. The van der Waals surface area contributed by atoms with E-state index in [4.69, 9.17) is 0 Å². The highest BCUT2D eigenvalue weighted by atomic mass is 32.1. The van der Waals surface area contributed by atoms with Crippen molar-refractivity contribution in [3.63, 3.8) is 0 Å². The number of amides is 2. The first kappa shape index (κ1) is 22.2. The monoisotopic (exact) mass is 524 g/mol. The Kier molecular flexibility index (Phi) is 4.66. The summed E-state index contributed by atoms with van der Waals surface area (Å²) in [6.07, 6.45) is 0. The maximum absolute atomic E-state index is 13.7. The second-order valence-electron chi connectivity index (χ2n) is 9.17. The number of thiophene rings is 4. The Labute approximate surface area is 214 Å². The smallest absolute Gasteiger partial charge is 0.261 e. The van der Waals surface area contributed by atoms with E-state index in [1.807, 2.05) is 0 Å². The van der Waals surface area contributed by atoms with Gasteiger partial charge in [0, 0.05) is 42.6 Å². The first-order valence-electron chi connectivity index (χ1n) is 11.1. The van der Waals surface area contributed by atoms with Gasteiger partial charge in [-0.05, 0) is 63.8 Å². The molecule has 2 aliphatic rings. The lowest BCUT2D eigenvalue weighted by atomic mass is 10.1. The van der Waals surface area contributed by atoms with Crippen molar-refractivity contribution in [1.82, 2.24) is 9.80 Å². The zero-order valence-corrected chi connectivity index (χ0v) is 23.6. The lowest BCUT2D eigenvalue weighted by Gasteiger charge is -2.19. The van der Waals surface area contributed by atoms with Gasteiger partial charge in [-0.3, -0.25) is 9.59 Å². The molecule has 0 unspecified atom stereocenters. The minimum absolute atomic E-state index is 0.0918. The van der Waals surface area contributed by atoms with Crippen molar-refractivity contribution in [1.29, 1.82) is 0 Å². The van der Waals surface area contributed by atoms with Gasteiger partial charge in [-0.25, -0.2) is 0 Å². The van der Waals surface area contributed by atoms with E-state index in [1.165, 1.54) is 39.7 Å². The highest BCUT2D eigenvalue weighted by Crippen LogP contribution is 2.52. The van der Waals surface area contributed by atoms with Gasteiger partial charge < -0.3 is 9.80 Å². The van der Waals surface area contributed by atoms with Gasteiger partial charge >= 0.3 is 0 Å². The van der Waals surface area contributed by atoms with Crippen LogP contribution in [0.2, 0.25) is 0 Å². The van der Waals surface area contributed by atoms with Gasteiger partial charge in [0.2, 0.25) is 0 Å². The molecule has 0 radical (unpaired) electrons. The molecular formula is C26H24N2O2S4. The normalized spacial score (nSPS) is 16.6. The summed E-state index contributed by atoms with van der Waals surface area (Å²) in [5, 5.41) is 0. The van der Waals surface area contributed by atoms with Crippen molar-refractivity contribution >= 4 is 87.4 Å². The molecule has 174 valence electrons. The Morgan fingerprint density at radius 2 is 0.824 bits per heavy atom. The molecule has 8 heteroatoms. The van der Waals surface area contributed by atoms with Crippen LogP contribution < -0.4 is 0 Å². The van der Waals surface area contributed by atoms with E-state index in [2.05, 4.69) is 41.5 Å². The fourth-order valence-electron chi connectivity index (χ4n) is 5.03. The summed E-state index contributed by atoms with van der Waals surface area (Å²) < 4.78 is 5.06. The SMILES string of the molecule is Cc1sc2c(C)c(C3=C4C(=O)N(C)C(c5sc6c(C)c(C)sc6c5C)=C4C(=O)N3C)sc2c1C. The van der Waals surface area contributed by atoms with E-state index >= 15 is 0 Å². The Morgan fingerprint density at radius 3 is 1.15 bits per heavy atom. The maximum atomic E-state index is 13.7. The van der Waals surface area contributed by atoms with Crippen LogP contribution in [0.25, 0.3) is 30.2 Å². The second-order valence-corrected chi connectivity index (χ2v) is 13.7. The third-order valence-corrected chi connectivity index (χ3v) is 13.0. The Morgan fingerprint density at radius 1 is 0.500 bits per heavy atom. The van der Waals surface area contributed by atoms with E-state index in [1.54, 1.807) is 69.2 Å². The summed E-state index contributed by atoms with van der Waals surface area (Å²) in [7, 11) is 3.61. The quantitative estimate of drug-likeness (QED) is 0.279. The van der Waals surface area contributed by atoms with E-state index < -0.39 is 0 Å². The topological polar surface area (TPSA) is 40.6 Å².